The monoisotopic (exact) mass is 252 g/mol. The fourth-order valence-electron chi connectivity index (χ4n) is 1.77. The van der Waals surface area contributed by atoms with Crippen molar-refractivity contribution in [1.29, 1.82) is 0 Å². The first-order valence-corrected chi connectivity index (χ1v) is 6.05. The van der Waals surface area contributed by atoms with Crippen molar-refractivity contribution in [1.82, 2.24) is 0 Å². The third kappa shape index (κ3) is 2.91. The summed E-state index contributed by atoms with van der Waals surface area (Å²) in [6.45, 7) is 3.45. The fourth-order valence-corrected chi connectivity index (χ4v) is 1.77. The summed E-state index contributed by atoms with van der Waals surface area (Å²) in [7, 11) is 0. The highest BCUT2D eigenvalue weighted by atomic mass is 16.6. The molecule has 0 aromatic carbocycles. The van der Waals surface area contributed by atoms with E-state index < -0.39 is 5.97 Å². The second kappa shape index (κ2) is 5.25. The summed E-state index contributed by atoms with van der Waals surface area (Å²) in [5.41, 5.74) is 0.958. The van der Waals surface area contributed by atoms with Crippen LogP contribution >= 0.6 is 0 Å². The summed E-state index contributed by atoms with van der Waals surface area (Å²) in [5.74, 6) is 0.304. The molecule has 0 bridgehead atoms. The van der Waals surface area contributed by atoms with E-state index in [2.05, 4.69) is 0 Å². The fraction of sp³-hybridized carbons (Fsp3) is 0.538. The summed E-state index contributed by atoms with van der Waals surface area (Å²) in [4.78, 5) is 22.4. The molecule has 0 aliphatic heterocycles. The number of carbonyl (C=O) groups is 2. The Morgan fingerprint density at radius 3 is 2.67 bits per heavy atom. The van der Waals surface area contributed by atoms with Crippen molar-refractivity contribution in [2.45, 2.75) is 39.2 Å². The molecule has 1 saturated carbocycles. The second-order valence-electron chi connectivity index (χ2n) is 4.26. The number of ether oxygens (including phenoxy) is 2. The van der Waals surface area contributed by atoms with Crippen molar-refractivity contribution in [3.8, 4) is 0 Å². The third-order valence-corrected chi connectivity index (χ3v) is 2.74. The lowest BCUT2D eigenvalue weighted by molar-refractivity contribution is -0.142. The SMILES string of the molecule is CCOC(=O)c1cc(C2CC2)c(COC(C)=O)o1. The van der Waals surface area contributed by atoms with E-state index in [1.54, 1.807) is 13.0 Å². The Labute approximate surface area is 105 Å². The number of hydrogen-bond donors (Lipinski definition) is 0. The lowest BCUT2D eigenvalue weighted by Gasteiger charge is -2.01. The lowest BCUT2D eigenvalue weighted by atomic mass is 10.1. The highest BCUT2D eigenvalue weighted by Crippen LogP contribution is 2.43. The number of esters is 2. The van der Waals surface area contributed by atoms with Gasteiger partial charge >= 0.3 is 11.9 Å². The van der Waals surface area contributed by atoms with Crippen LogP contribution in [0.15, 0.2) is 10.5 Å². The van der Waals surface area contributed by atoms with Crippen LogP contribution in [0.25, 0.3) is 0 Å². The molecule has 1 aliphatic carbocycles. The smallest absolute Gasteiger partial charge is 0.374 e. The predicted octanol–water partition coefficient (Wildman–Crippen LogP) is 2.40. The summed E-state index contributed by atoms with van der Waals surface area (Å²) < 4.78 is 15.2. The van der Waals surface area contributed by atoms with Gasteiger partial charge in [0.25, 0.3) is 0 Å². The molecule has 98 valence electrons. The minimum atomic E-state index is -0.478. The van der Waals surface area contributed by atoms with Gasteiger partial charge in [-0.15, -0.1) is 0 Å². The molecule has 1 aromatic heterocycles. The van der Waals surface area contributed by atoms with Crippen LogP contribution in [0.2, 0.25) is 0 Å². The zero-order valence-electron chi connectivity index (χ0n) is 10.5. The normalized spacial score (nSPS) is 14.3. The van der Waals surface area contributed by atoms with Crippen LogP contribution < -0.4 is 0 Å². The average molecular weight is 252 g/mol. The molecule has 2 rings (SSSR count). The largest absolute Gasteiger partial charge is 0.460 e. The van der Waals surface area contributed by atoms with Gasteiger partial charge in [0.1, 0.15) is 12.4 Å². The predicted molar refractivity (Wildman–Crippen MR) is 62.1 cm³/mol. The zero-order valence-corrected chi connectivity index (χ0v) is 10.5. The standard InChI is InChI=1S/C13H16O5/c1-3-16-13(15)11-6-10(9-4-5-9)12(18-11)7-17-8(2)14/h6,9H,3-5,7H2,1-2H3. The molecular formula is C13H16O5. The van der Waals surface area contributed by atoms with Crippen molar-refractivity contribution in [3.63, 3.8) is 0 Å². The number of furan rings is 1. The molecule has 0 unspecified atom stereocenters. The molecule has 0 N–H and O–H groups in total. The summed E-state index contributed by atoms with van der Waals surface area (Å²) in [5, 5.41) is 0. The minimum absolute atomic E-state index is 0.0700. The van der Waals surface area contributed by atoms with Crippen molar-refractivity contribution in [3.05, 3.63) is 23.2 Å². The van der Waals surface area contributed by atoms with Gasteiger partial charge in [-0.1, -0.05) is 0 Å². The number of rotatable bonds is 5. The number of hydrogen-bond acceptors (Lipinski definition) is 5. The lowest BCUT2D eigenvalue weighted by Crippen LogP contribution is -2.03. The molecule has 5 heteroatoms. The first-order chi connectivity index (χ1) is 8.61. The van der Waals surface area contributed by atoms with Gasteiger partial charge in [-0.2, -0.15) is 0 Å². The van der Waals surface area contributed by atoms with Crippen molar-refractivity contribution in [2.24, 2.45) is 0 Å². The summed E-state index contributed by atoms with van der Waals surface area (Å²) in [6, 6.07) is 1.70. The Morgan fingerprint density at radius 2 is 2.11 bits per heavy atom. The molecule has 5 nitrogen and oxygen atoms in total. The van der Waals surface area contributed by atoms with Gasteiger partial charge in [0, 0.05) is 12.5 Å². The number of carbonyl (C=O) groups excluding carboxylic acids is 2. The molecular weight excluding hydrogens is 236 g/mol. The van der Waals surface area contributed by atoms with Crippen molar-refractivity contribution in [2.75, 3.05) is 6.61 Å². The molecule has 1 aromatic rings. The van der Waals surface area contributed by atoms with Gasteiger partial charge in [-0.3, -0.25) is 4.79 Å². The molecule has 0 saturated heterocycles. The highest BCUT2D eigenvalue weighted by Gasteiger charge is 2.30. The van der Waals surface area contributed by atoms with E-state index in [-0.39, 0.29) is 18.3 Å². The van der Waals surface area contributed by atoms with E-state index in [1.807, 2.05) is 0 Å². The van der Waals surface area contributed by atoms with Gasteiger partial charge < -0.3 is 13.9 Å². The van der Waals surface area contributed by atoms with Gasteiger partial charge in [0.15, 0.2) is 0 Å². The van der Waals surface area contributed by atoms with Crippen LogP contribution in [0.3, 0.4) is 0 Å². The maximum Gasteiger partial charge on any atom is 0.374 e. The molecule has 0 atom stereocenters. The first-order valence-electron chi connectivity index (χ1n) is 6.05. The third-order valence-electron chi connectivity index (χ3n) is 2.74. The van der Waals surface area contributed by atoms with Crippen LogP contribution in [0, 0.1) is 0 Å². The van der Waals surface area contributed by atoms with E-state index in [9.17, 15) is 9.59 Å². The van der Waals surface area contributed by atoms with Crippen LogP contribution in [-0.2, 0) is 20.9 Å². The van der Waals surface area contributed by atoms with Crippen molar-refractivity contribution >= 4 is 11.9 Å². The topological polar surface area (TPSA) is 65.7 Å². The Hall–Kier alpha value is -1.78. The van der Waals surface area contributed by atoms with E-state index >= 15 is 0 Å². The Bertz CT molecular complexity index is 456. The molecule has 0 spiro atoms. The van der Waals surface area contributed by atoms with Crippen LogP contribution in [0.1, 0.15) is 54.5 Å². The summed E-state index contributed by atoms with van der Waals surface area (Å²) >= 11 is 0. The Kier molecular flexibility index (Phi) is 3.69. The van der Waals surface area contributed by atoms with Gasteiger partial charge in [-0.25, -0.2) is 4.79 Å². The maximum atomic E-state index is 11.6. The zero-order chi connectivity index (χ0) is 13.1. The molecule has 1 fully saturated rings. The molecule has 1 aliphatic rings. The Balaban J connectivity index is 2.15. The molecule has 0 amide bonds. The minimum Gasteiger partial charge on any atom is -0.460 e. The van der Waals surface area contributed by atoms with E-state index in [0.717, 1.165) is 18.4 Å². The molecule has 0 radical (unpaired) electrons. The van der Waals surface area contributed by atoms with Gasteiger partial charge in [0.2, 0.25) is 5.76 Å². The van der Waals surface area contributed by atoms with Crippen LogP contribution in [0.4, 0.5) is 0 Å². The van der Waals surface area contributed by atoms with Gasteiger partial charge in [-0.05, 0) is 31.7 Å². The summed E-state index contributed by atoms with van der Waals surface area (Å²) in [6.07, 6.45) is 2.16. The molecule has 1 heterocycles. The van der Waals surface area contributed by atoms with E-state index in [0.29, 0.717) is 18.3 Å². The van der Waals surface area contributed by atoms with Crippen molar-refractivity contribution < 1.29 is 23.5 Å². The quantitative estimate of drug-likeness (QED) is 0.753. The van der Waals surface area contributed by atoms with Crippen LogP contribution in [-0.4, -0.2) is 18.5 Å². The first kappa shape index (κ1) is 12.7. The molecule has 18 heavy (non-hydrogen) atoms. The van der Waals surface area contributed by atoms with E-state index in [4.69, 9.17) is 13.9 Å². The maximum absolute atomic E-state index is 11.6. The van der Waals surface area contributed by atoms with Gasteiger partial charge in [0.05, 0.1) is 6.61 Å². The Morgan fingerprint density at radius 1 is 1.39 bits per heavy atom. The van der Waals surface area contributed by atoms with Crippen LogP contribution in [0.5, 0.6) is 0 Å². The highest BCUT2D eigenvalue weighted by molar-refractivity contribution is 5.86. The average Bonchev–Trinajstić information content (AvgIpc) is 3.07. The second-order valence-corrected chi connectivity index (χ2v) is 4.26. The van der Waals surface area contributed by atoms with E-state index in [1.165, 1.54) is 6.92 Å².